The van der Waals surface area contributed by atoms with Gasteiger partial charge in [0.1, 0.15) is 0 Å². The Labute approximate surface area is 188 Å². The van der Waals surface area contributed by atoms with Gasteiger partial charge in [-0.25, -0.2) is 8.42 Å². The van der Waals surface area contributed by atoms with Crippen LogP contribution in [0.1, 0.15) is 28.0 Å². The van der Waals surface area contributed by atoms with Gasteiger partial charge in [0.25, 0.3) is 0 Å². The second kappa shape index (κ2) is 8.72. The van der Waals surface area contributed by atoms with E-state index >= 15 is 0 Å². The summed E-state index contributed by atoms with van der Waals surface area (Å²) in [5.74, 6) is -0.0501. The third-order valence-corrected chi connectivity index (χ3v) is 8.11. The zero-order valence-electron chi connectivity index (χ0n) is 16.6. The summed E-state index contributed by atoms with van der Waals surface area (Å²) in [7, 11) is -3.37. The molecule has 4 rings (SSSR count). The number of benzene rings is 3. The smallest absolute Gasteiger partial charge is 0.154 e. The molecule has 6 heteroatoms. The molecule has 0 saturated carbocycles. The first-order valence-electron chi connectivity index (χ1n) is 9.83. The van der Waals surface area contributed by atoms with Gasteiger partial charge in [0.05, 0.1) is 21.3 Å². The molecule has 1 aliphatic heterocycles. The van der Waals surface area contributed by atoms with Crippen LogP contribution in [0.25, 0.3) is 0 Å². The molecule has 156 valence electrons. The number of likely N-dealkylation sites (tertiary alicyclic amines) is 1. The lowest BCUT2D eigenvalue weighted by Crippen LogP contribution is -2.52. The molecular weight excluding hydrogens is 437 g/mol. The predicted octanol–water partition coefficient (Wildman–Crippen LogP) is 5.80. The van der Waals surface area contributed by atoms with Crippen LogP contribution >= 0.6 is 23.2 Å². The normalized spacial score (nSPS) is 16.4. The Balaban J connectivity index is 1.64. The minimum atomic E-state index is -3.37. The molecule has 0 bridgehead atoms. The minimum Gasteiger partial charge on any atom is -0.292 e. The molecule has 0 radical (unpaired) electrons. The van der Waals surface area contributed by atoms with Crippen molar-refractivity contribution >= 4 is 33.0 Å². The summed E-state index contributed by atoms with van der Waals surface area (Å²) in [6, 6.07) is 25.9. The molecule has 1 unspecified atom stereocenters. The summed E-state index contributed by atoms with van der Waals surface area (Å²) in [5, 5.41) is 0.0355. The summed E-state index contributed by atoms with van der Waals surface area (Å²) >= 11 is 12.6. The monoisotopic (exact) mass is 459 g/mol. The van der Waals surface area contributed by atoms with E-state index in [0.29, 0.717) is 28.7 Å². The van der Waals surface area contributed by atoms with E-state index in [9.17, 15) is 8.42 Å². The second-order valence-corrected chi connectivity index (χ2v) is 10.8. The number of sulfone groups is 1. The third kappa shape index (κ3) is 4.28. The molecule has 3 aromatic carbocycles. The van der Waals surface area contributed by atoms with Crippen molar-refractivity contribution in [1.82, 2.24) is 4.90 Å². The van der Waals surface area contributed by atoms with Crippen molar-refractivity contribution in [2.45, 2.75) is 11.3 Å². The van der Waals surface area contributed by atoms with Crippen LogP contribution in [0.4, 0.5) is 0 Å². The van der Waals surface area contributed by atoms with Gasteiger partial charge >= 0.3 is 0 Å². The highest BCUT2D eigenvalue weighted by Gasteiger charge is 2.43. The summed E-state index contributed by atoms with van der Waals surface area (Å²) < 4.78 is 25.5. The van der Waals surface area contributed by atoms with Gasteiger partial charge in [0, 0.05) is 25.3 Å². The molecule has 30 heavy (non-hydrogen) atoms. The molecule has 0 aromatic heterocycles. The SMILES string of the molecule is CS(=O)(=O)C(c1cccc(Cl)c1Cl)C1CN(C(c2ccccc2)c2ccccc2)C1. The first-order chi connectivity index (χ1) is 14.4. The zero-order chi connectivity index (χ0) is 21.3. The lowest BCUT2D eigenvalue weighted by molar-refractivity contribution is 0.0655. The van der Waals surface area contributed by atoms with E-state index < -0.39 is 15.1 Å². The fraction of sp³-hybridized carbons (Fsp3) is 0.250. The average molecular weight is 460 g/mol. The molecule has 3 nitrogen and oxygen atoms in total. The number of nitrogens with zero attached hydrogens (tertiary/aromatic N) is 1. The Morgan fingerprint density at radius 1 is 0.833 bits per heavy atom. The molecule has 0 spiro atoms. The van der Waals surface area contributed by atoms with Crippen LogP contribution in [-0.2, 0) is 9.84 Å². The predicted molar refractivity (Wildman–Crippen MR) is 124 cm³/mol. The summed E-state index contributed by atoms with van der Waals surface area (Å²) in [6.07, 6.45) is 1.28. The van der Waals surface area contributed by atoms with Crippen LogP contribution < -0.4 is 0 Å². The third-order valence-electron chi connectivity index (χ3n) is 5.71. The zero-order valence-corrected chi connectivity index (χ0v) is 18.9. The van der Waals surface area contributed by atoms with Crippen molar-refractivity contribution in [3.63, 3.8) is 0 Å². The second-order valence-electron chi connectivity index (χ2n) is 7.83. The number of hydrogen-bond donors (Lipinski definition) is 0. The van der Waals surface area contributed by atoms with E-state index in [1.54, 1.807) is 18.2 Å². The lowest BCUT2D eigenvalue weighted by atomic mass is 9.86. The van der Waals surface area contributed by atoms with E-state index in [2.05, 4.69) is 29.2 Å². The van der Waals surface area contributed by atoms with Gasteiger partial charge in [-0.3, -0.25) is 4.90 Å². The van der Waals surface area contributed by atoms with Gasteiger partial charge < -0.3 is 0 Å². The van der Waals surface area contributed by atoms with Crippen LogP contribution in [0.15, 0.2) is 78.9 Å². The maximum Gasteiger partial charge on any atom is 0.154 e. The van der Waals surface area contributed by atoms with Crippen LogP contribution in [0.2, 0.25) is 10.0 Å². The molecule has 1 heterocycles. The molecule has 0 amide bonds. The van der Waals surface area contributed by atoms with Gasteiger partial charge in [0.2, 0.25) is 0 Å². The summed E-state index contributed by atoms with van der Waals surface area (Å²) in [6.45, 7) is 1.32. The van der Waals surface area contributed by atoms with Crippen molar-refractivity contribution in [3.05, 3.63) is 106 Å². The number of hydrogen-bond acceptors (Lipinski definition) is 3. The number of rotatable bonds is 6. The Bertz CT molecular complexity index is 1070. The quantitative estimate of drug-likeness (QED) is 0.467. The van der Waals surface area contributed by atoms with Crippen molar-refractivity contribution in [2.75, 3.05) is 19.3 Å². The Morgan fingerprint density at radius 2 is 1.37 bits per heavy atom. The van der Waals surface area contributed by atoms with E-state index in [4.69, 9.17) is 23.2 Å². The average Bonchev–Trinajstić information content (AvgIpc) is 2.70. The largest absolute Gasteiger partial charge is 0.292 e. The summed E-state index contributed by atoms with van der Waals surface area (Å²) in [5.41, 5.74) is 2.98. The van der Waals surface area contributed by atoms with Gasteiger partial charge in [0.15, 0.2) is 9.84 Å². The standard InChI is InChI=1S/C24H23Cl2NO2S/c1-30(28,29)24(20-13-8-14-21(25)22(20)26)19-15-27(16-19)23(17-9-4-2-5-10-17)18-11-6-3-7-12-18/h2-14,19,23-24H,15-16H2,1H3. The Hall–Kier alpha value is -1.85. The highest BCUT2D eigenvalue weighted by molar-refractivity contribution is 7.91. The van der Waals surface area contributed by atoms with E-state index in [1.165, 1.54) is 17.4 Å². The van der Waals surface area contributed by atoms with E-state index in [1.807, 2.05) is 36.4 Å². The highest BCUT2D eigenvalue weighted by Crippen LogP contribution is 2.44. The molecule has 1 fully saturated rings. The molecular formula is C24H23Cl2NO2S. The van der Waals surface area contributed by atoms with Crippen LogP contribution in [0.5, 0.6) is 0 Å². The molecule has 1 atom stereocenters. The Kier molecular flexibility index (Phi) is 6.21. The fourth-order valence-corrected chi connectivity index (χ4v) is 6.43. The van der Waals surface area contributed by atoms with Crippen LogP contribution in [-0.4, -0.2) is 32.7 Å². The van der Waals surface area contributed by atoms with Gasteiger partial charge in [-0.05, 0) is 22.8 Å². The van der Waals surface area contributed by atoms with Crippen LogP contribution in [0.3, 0.4) is 0 Å². The first kappa shape index (κ1) is 21.4. The molecule has 1 saturated heterocycles. The van der Waals surface area contributed by atoms with Crippen molar-refractivity contribution in [3.8, 4) is 0 Å². The number of halogens is 2. The lowest BCUT2D eigenvalue weighted by Gasteiger charge is -2.47. The molecule has 1 aliphatic rings. The van der Waals surface area contributed by atoms with Gasteiger partial charge in [-0.15, -0.1) is 0 Å². The first-order valence-corrected chi connectivity index (χ1v) is 12.5. The summed E-state index contributed by atoms with van der Waals surface area (Å²) in [4.78, 5) is 2.33. The van der Waals surface area contributed by atoms with Gasteiger partial charge in [-0.2, -0.15) is 0 Å². The maximum absolute atomic E-state index is 12.7. The van der Waals surface area contributed by atoms with Crippen LogP contribution in [0, 0.1) is 5.92 Å². The van der Waals surface area contributed by atoms with Crippen molar-refractivity contribution in [2.24, 2.45) is 5.92 Å². The van der Waals surface area contributed by atoms with E-state index in [-0.39, 0.29) is 12.0 Å². The van der Waals surface area contributed by atoms with E-state index in [0.717, 1.165) is 0 Å². The topological polar surface area (TPSA) is 37.4 Å². The maximum atomic E-state index is 12.7. The minimum absolute atomic E-state index is 0.0501. The molecule has 0 N–H and O–H groups in total. The highest BCUT2D eigenvalue weighted by atomic mass is 35.5. The molecule has 0 aliphatic carbocycles. The fourth-order valence-electron chi connectivity index (χ4n) is 4.41. The van der Waals surface area contributed by atoms with Gasteiger partial charge in [-0.1, -0.05) is 96.0 Å². The molecule has 3 aromatic rings. The Morgan fingerprint density at radius 3 is 1.87 bits per heavy atom. The van der Waals surface area contributed by atoms with Crippen molar-refractivity contribution < 1.29 is 8.42 Å². The van der Waals surface area contributed by atoms with Crippen molar-refractivity contribution in [1.29, 1.82) is 0 Å².